The molecule has 0 N–H and O–H groups in total. The number of pyridine rings is 1. The molecule has 0 radical (unpaired) electrons. The molecular weight excluding hydrogens is 348 g/mol. The van der Waals surface area contributed by atoms with Gasteiger partial charge in [0.05, 0.1) is 23.7 Å². The number of nitro groups is 2. The molecule has 2 aromatic rings. The average Bonchev–Trinajstić information content (AvgIpc) is 2.84. The van der Waals surface area contributed by atoms with Crippen LogP contribution in [0.3, 0.4) is 0 Å². The van der Waals surface area contributed by atoms with Gasteiger partial charge in [-0.05, 0) is 42.4 Å². The molecule has 1 aromatic heterocycles. The highest BCUT2D eigenvalue weighted by atomic mass is 16.7. The molecule has 0 atom stereocenters. The van der Waals surface area contributed by atoms with Crippen LogP contribution >= 0.6 is 0 Å². The zero-order valence-electron chi connectivity index (χ0n) is 14.6. The summed E-state index contributed by atoms with van der Waals surface area (Å²) in [4.78, 5) is 26.2. The minimum absolute atomic E-state index is 0.00720. The summed E-state index contributed by atoms with van der Waals surface area (Å²) in [5, 5.41) is 23.1. The first kappa shape index (κ1) is 17.1. The van der Waals surface area contributed by atoms with E-state index in [4.69, 9.17) is 0 Å². The number of benzene rings is 1. The molecule has 138 valence electrons. The number of hydrazine groups is 1. The molecule has 2 aliphatic rings. The Morgan fingerprint density at radius 1 is 0.963 bits per heavy atom. The summed E-state index contributed by atoms with van der Waals surface area (Å²) in [7, 11) is 0. The number of aromatic nitrogens is 1. The van der Waals surface area contributed by atoms with Crippen LogP contribution in [-0.2, 0) is 12.8 Å². The van der Waals surface area contributed by atoms with Gasteiger partial charge in [-0.3, -0.25) is 10.1 Å². The van der Waals surface area contributed by atoms with E-state index in [1.165, 1.54) is 16.8 Å². The minimum Gasteiger partial charge on any atom is -0.258 e. The highest BCUT2D eigenvalue weighted by molar-refractivity contribution is 5.84. The Morgan fingerprint density at radius 2 is 1.67 bits per heavy atom. The van der Waals surface area contributed by atoms with Crippen molar-refractivity contribution in [2.45, 2.75) is 25.7 Å². The molecule has 8 nitrogen and oxygen atoms in total. The van der Waals surface area contributed by atoms with Crippen LogP contribution in [0, 0.1) is 20.2 Å². The third kappa shape index (κ3) is 3.14. The predicted molar refractivity (Wildman–Crippen MR) is 98.6 cm³/mol. The van der Waals surface area contributed by atoms with Crippen molar-refractivity contribution in [3.63, 3.8) is 0 Å². The van der Waals surface area contributed by atoms with E-state index in [2.05, 4.69) is 17.1 Å². The van der Waals surface area contributed by atoms with E-state index in [0.717, 1.165) is 34.4 Å². The summed E-state index contributed by atoms with van der Waals surface area (Å²) in [6.45, 7) is 0.715. The smallest absolute Gasteiger partial charge is 0.258 e. The number of hydrogen-bond donors (Lipinski definition) is 0. The fourth-order valence-electron chi connectivity index (χ4n) is 3.93. The molecule has 1 aliphatic carbocycles. The summed E-state index contributed by atoms with van der Waals surface area (Å²) in [6, 6.07) is 9.70. The van der Waals surface area contributed by atoms with Crippen molar-refractivity contribution in [3.05, 3.63) is 84.7 Å². The molecule has 0 saturated carbocycles. The topological polar surface area (TPSA) is 102 Å². The van der Waals surface area contributed by atoms with Crippen LogP contribution in [0.5, 0.6) is 0 Å². The molecular formula is C19H18N4O4. The fraction of sp³-hybridized carbons (Fsp3) is 0.316. The summed E-state index contributed by atoms with van der Waals surface area (Å²) in [5.41, 5.74) is 6.02. The summed E-state index contributed by atoms with van der Waals surface area (Å²) in [5.74, 6) is 0. The van der Waals surface area contributed by atoms with E-state index < -0.39 is 4.92 Å². The number of piperidine rings is 1. The molecule has 1 fully saturated rings. The van der Waals surface area contributed by atoms with Crippen LogP contribution in [0.15, 0.2) is 42.1 Å². The van der Waals surface area contributed by atoms with Crippen LogP contribution < -0.4 is 0 Å². The molecule has 8 heteroatoms. The van der Waals surface area contributed by atoms with Gasteiger partial charge in [0, 0.05) is 11.6 Å². The van der Waals surface area contributed by atoms with Crippen molar-refractivity contribution in [2.75, 3.05) is 13.1 Å². The van der Waals surface area contributed by atoms with Crippen molar-refractivity contribution < 1.29 is 9.96 Å². The first-order chi connectivity index (χ1) is 13.0. The third-order valence-electron chi connectivity index (χ3n) is 5.28. The maximum absolute atomic E-state index is 11.2. The summed E-state index contributed by atoms with van der Waals surface area (Å²) in [6.07, 6.45) is 3.94. The van der Waals surface area contributed by atoms with E-state index in [0.29, 0.717) is 32.4 Å². The lowest BCUT2D eigenvalue weighted by Gasteiger charge is -2.24. The van der Waals surface area contributed by atoms with Crippen LogP contribution in [0.25, 0.3) is 5.57 Å². The van der Waals surface area contributed by atoms with Gasteiger partial charge in [0.15, 0.2) is 5.03 Å². The van der Waals surface area contributed by atoms with Crippen LogP contribution in [0.4, 0.5) is 5.69 Å². The minimum atomic E-state index is -0.423. The number of hydrogen-bond acceptors (Lipinski definition) is 5. The molecule has 27 heavy (non-hydrogen) atoms. The molecule has 0 amide bonds. The molecule has 1 aromatic carbocycles. The third-order valence-corrected chi connectivity index (χ3v) is 5.28. The zero-order valence-corrected chi connectivity index (χ0v) is 14.6. The lowest BCUT2D eigenvalue weighted by molar-refractivity contribution is -0.656. The Bertz CT molecular complexity index is 960. The molecule has 0 unspecified atom stereocenters. The standard InChI is InChI=1S/C19H18N4O4/c24-22(25)16-11-15-6-5-13-3-1-2-4-17(13)18(19(15)20-12-16)14-7-9-21(10-8-14)23(26)27/h1-4,11-12H,5-10H2. The van der Waals surface area contributed by atoms with Crippen LogP contribution in [-0.4, -0.2) is 33.0 Å². The van der Waals surface area contributed by atoms with E-state index in [9.17, 15) is 20.2 Å². The van der Waals surface area contributed by atoms with Crippen molar-refractivity contribution in [1.82, 2.24) is 9.99 Å². The molecule has 4 rings (SSSR count). The summed E-state index contributed by atoms with van der Waals surface area (Å²) >= 11 is 0. The lowest BCUT2D eigenvalue weighted by atomic mass is 9.89. The second-order valence-corrected chi connectivity index (χ2v) is 6.79. The van der Waals surface area contributed by atoms with Gasteiger partial charge in [-0.1, -0.05) is 29.8 Å². The maximum Gasteiger partial charge on any atom is 0.287 e. The Balaban J connectivity index is 1.86. The predicted octanol–water partition coefficient (Wildman–Crippen LogP) is 3.18. The van der Waals surface area contributed by atoms with Crippen LogP contribution in [0.1, 0.15) is 35.2 Å². The Hall–Kier alpha value is -3.29. The van der Waals surface area contributed by atoms with Crippen molar-refractivity contribution >= 4 is 11.3 Å². The lowest BCUT2D eigenvalue weighted by Crippen LogP contribution is -2.35. The Labute approximate surface area is 155 Å². The highest BCUT2D eigenvalue weighted by Crippen LogP contribution is 2.38. The Morgan fingerprint density at radius 3 is 2.37 bits per heavy atom. The van der Waals surface area contributed by atoms with Gasteiger partial charge in [-0.15, -0.1) is 5.01 Å². The molecule has 0 bridgehead atoms. The first-order valence-corrected chi connectivity index (χ1v) is 8.88. The van der Waals surface area contributed by atoms with Gasteiger partial charge in [0.1, 0.15) is 6.20 Å². The van der Waals surface area contributed by atoms with E-state index in [1.54, 1.807) is 6.07 Å². The quantitative estimate of drug-likeness (QED) is 0.597. The second-order valence-electron chi connectivity index (χ2n) is 6.79. The van der Waals surface area contributed by atoms with Gasteiger partial charge in [0.25, 0.3) is 5.69 Å². The fourth-order valence-corrected chi connectivity index (χ4v) is 3.93. The molecule has 2 heterocycles. The molecule has 1 saturated heterocycles. The van der Waals surface area contributed by atoms with Crippen molar-refractivity contribution in [3.8, 4) is 0 Å². The van der Waals surface area contributed by atoms with Gasteiger partial charge in [-0.2, -0.15) is 0 Å². The number of fused-ring (bicyclic) bond motifs is 2. The highest BCUT2D eigenvalue weighted by Gasteiger charge is 2.28. The van der Waals surface area contributed by atoms with E-state index in [-0.39, 0.29) is 10.7 Å². The van der Waals surface area contributed by atoms with Gasteiger partial charge in [-0.25, -0.2) is 15.1 Å². The van der Waals surface area contributed by atoms with Crippen LogP contribution in [0.2, 0.25) is 0 Å². The first-order valence-electron chi connectivity index (χ1n) is 8.88. The maximum atomic E-state index is 11.2. The average molecular weight is 366 g/mol. The normalized spacial score (nSPS) is 16.4. The number of aryl methyl sites for hydroxylation is 2. The largest absolute Gasteiger partial charge is 0.287 e. The molecule has 0 spiro atoms. The molecule has 1 aliphatic heterocycles. The van der Waals surface area contributed by atoms with Gasteiger partial charge < -0.3 is 0 Å². The SMILES string of the molecule is O=[N+]([O-])c1cnc2c(c1)CCc1ccccc1C2=C1CCN([N+](=O)[O-])CC1. The zero-order chi connectivity index (χ0) is 19.0. The summed E-state index contributed by atoms with van der Waals surface area (Å²) < 4.78 is 0. The van der Waals surface area contributed by atoms with Crippen molar-refractivity contribution in [1.29, 1.82) is 0 Å². The van der Waals surface area contributed by atoms with E-state index >= 15 is 0 Å². The van der Waals surface area contributed by atoms with Gasteiger partial charge in [0.2, 0.25) is 0 Å². The number of rotatable bonds is 2. The van der Waals surface area contributed by atoms with E-state index in [1.807, 2.05) is 12.1 Å². The monoisotopic (exact) mass is 366 g/mol. The number of nitrogens with zero attached hydrogens (tertiary/aromatic N) is 4. The Kier molecular flexibility index (Phi) is 4.31. The van der Waals surface area contributed by atoms with Gasteiger partial charge >= 0.3 is 0 Å². The van der Waals surface area contributed by atoms with Crippen molar-refractivity contribution in [2.24, 2.45) is 0 Å². The second kappa shape index (κ2) is 6.79.